The van der Waals surface area contributed by atoms with Gasteiger partial charge in [-0.3, -0.25) is 4.79 Å². The molecule has 27 heavy (non-hydrogen) atoms. The minimum atomic E-state index is -1.01. The molecular formula is C22H25NO4. The molecule has 3 rings (SSSR count). The topological polar surface area (TPSA) is 75.6 Å². The van der Waals surface area contributed by atoms with Gasteiger partial charge in [-0.1, -0.05) is 60.7 Å². The van der Waals surface area contributed by atoms with E-state index in [-0.39, 0.29) is 11.9 Å². The first-order valence-electron chi connectivity index (χ1n) is 9.41. The first kappa shape index (κ1) is 19.1. The highest BCUT2D eigenvalue weighted by Gasteiger charge is 2.35. The highest BCUT2D eigenvalue weighted by Crippen LogP contribution is 2.24. The fraction of sp³-hybridized carbons (Fsp3) is 0.364. The Morgan fingerprint density at radius 1 is 1.00 bits per heavy atom. The van der Waals surface area contributed by atoms with Crippen LogP contribution in [-0.4, -0.2) is 29.2 Å². The van der Waals surface area contributed by atoms with Gasteiger partial charge in [0.25, 0.3) is 0 Å². The SMILES string of the molecule is O=C(NC(CCCc1ccccc1)c1ccccc1)[C@@H]1CC[C@H](C(=O)O)O1. The van der Waals surface area contributed by atoms with E-state index in [1.807, 2.05) is 48.5 Å². The molecule has 0 aromatic heterocycles. The van der Waals surface area contributed by atoms with Crippen LogP contribution in [0, 0.1) is 0 Å². The quantitative estimate of drug-likeness (QED) is 0.749. The van der Waals surface area contributed by atoms with Gasteiger partial charge in [0, 0.05) is 0 Å². The first-order chi connectivity index (χ1) is 13.1. The summed E-state index contributed by atoms with van der Waals surface area (Å²) < 4.78 is 5.38. The Kier molecular flexibility index (Phi) is 6.60. The predicted octanol–water partition coefficient (Wildman–Crippen LogP) is 3.50. The number of amides is 1. The summed E-state index contributed by atoms with van der Waals surface area (Å²) >= 11 is 0. The van der Waals surface area contributed by atoms with Gasteiger partial charge >= 0.3 is 5.97 Å². The molecule has 0 radical (unpaired) electrons. The lowest BCUT2D eigenvalue weighted by atomic mass is 9.98. The van der Waals surface area contributed by atoms with Crippen molar-refractivity contribution in [1.82, 2.24) is 5.32 Å². The summed E-state index contributed by atoms with van der Waals surface area (Å²) in [4.78, 5) is 23.6. The van der Waals surface area contributed by atoms with Gasteiger partial charge in [-0.05, 0) is 43.2 Å². The zero-order valence-electron chi connectivity index (χ0n) is 15.2. The molecule has 5 heteroatoms. The Balaban J connectivity index is 1.60. The molecule has 0 spiro atoms. The molecule has 0 aliphatic carbocycles. The van der Waals surface area contributed by atoms with Gasteiger partial charge in [0.1, 0.15) is 6.10 Å². The molecule has 1 unspecified atom stereocenters. The van der Waals surface area contributed by atoms with Crippen LogP contribution in [0.5, 0.6) is 0 Å². The third-order valence-electron chi connectivity index (χ3n) is 4.91. The largest absolute Gasteiger partial charge is 0.479 e. The van der Waals surface area contributed by atoms with Crippen LogP contribution < -0.4 is 5.32 Å². The molecule has 0 saturated carbocycles. The average Bonchev–Trinajstić information content (AvgIpc) is 3.19. The van der Waals surface area contributed by atoms with Crippen molar-refractivity contribution in [3.63, 3.8) is 0 Å². The molecule has 1 aliphatic rings. The van der Waals surface area contributed by atoms with E-state index in [0.717, 1.165) is 24.8 Å². The number of carbonyl (C=O) groups is 2. The molecule has 5 nitrogen and oxygen atoms in total. The maximum atomic E-state index is 12.6. The Morgan fingerprint density at radius 2 is 1.63 bits per heavy atom. The van der Waals surface area contributed by atoms with E-state index < -0.39 is 18.2 Å². The van der Waals surface area contributed by atoms with Crippen LogP contribution in [0.1, 0.15) is 42.9 Å². The van der Waals surface area contributed by atoms with Gasteiger partial charge in [-0.15, -0.1) is 0 Å². The minimum absolute atomic E-state index is 0.116. The predicted molar refractivity (Wildman–Crippen MR) is 102 cm³/mol. The lowest BCUT2D eigenvalue weighted by molar-refractivity contribution is -0.151. The van der Waals surface area contributed by atoms with Crippen LogP contribution in [0.25, 0.3) is 0 Å². The number of carboxylic acids is 1. The fourth-order valence-corrected chi connectivity index (χ4v) is 3.44. The summed E-state index contributed by atoms with van der Waals surface area (Å²) in [5, 5.41) is 12.1. The van der Waals surface area contributed by atoms with Crippen molar-refractivity contribution in [3.05, 3.63) is 71.8 Å². The van der Waals surface area contributed by atoms with Crippen molar-refractivity contribution in [3.8, 4) is 0 Å². The van der Waals surface area contributed by atoms with Gasteiger partial charge < -0.3 is 15.2 Å². The molecule has 0 bridgehead atoms. The van der Waals surface area contributed by atoms with Gasteiger partial charge in [0.2, 0.25) is 5.91 Å². The second-order valence-electron chi connectivity index (χ2n) is 6.88. The molecule has 1 amide bonds. The van der Waals surface area contributed by atoms with Crippen molar-refractivity contribution in [2.24, 2.45) is 0 Å². The summed E-state index contributed by atoms with van der Waals surface area (Å²) in [6.07, 6.45) is 1.93. The van der Waals surface area contributed by atoms with Crippen molar-refractivity contribution < 1.29 is 19.4 Å². The number of nitrogens with one attached hydrogen (secondary N) is 1. The zero-order chi connectivity index (χ0) is 19.1. The van der Waals surface area contributed by atoms with Crippen LogP contribution in [0.4, 0.5) is 0 Å². The van der Waals surface area contributed by atoms with E-state index in [9.17, 15) is 9.59 Å². The number of aryl methyl sites for hydroxylation is 1. The number of hydrogen-bond donors (Lipinski definition) is 2. The molecule has 2 aromatic rings. The van der Waals surface area contributed by atoms with Crippen molar-refractivity contribution in [2.45, 2.75) is 50.4 Å². The van der Waals surface area contributed by atoms with Gasteiger partial charge in [-0.25, -0.2) is 4.79 Å². The van der Waals surface area contributed by atoms with Gasteiger partial charge in [0.15, 0.2) is 6.10 Å². The Hall–Kier alpha value is -2.66. The standard InChI is InChI=1S/C22H25NO4/c24-21(19-14-15-20(27-19)22(25)26)23-18(17-11-5-2-6-12-17)13-7-10-16-8-3-1-4-9-16/h1-6,8-9,11-12,18-20H,7,10,13-15H2,(H,23,24)(H,25,26)/t18?,19-,20+/m0/s1. The normalized spacial score (nSPS) is 20.1. The number of rotatable bonds is 8. The molecule has 3 atom stereocenters. The lowest BCUT2D eigenvalue weighted by Gasteiger charge is -2.21. The summed E-state index contributed by atoms with van der Waals surface area (Å²) in [7, 11) is 0. The maximum Gasteiger partial charge on any atom is 0.332 e. The number of benzene rings is 2. The van der Waals surface area contributed by atoms with Crippen molar-refractivity contribution >= 4 is 11.9 Å². The minimum Gasteiger partial charge on any atom is -0.479 e. The molecule has 1 fully saturated rings. The smallest absolute Gasteiger partial charge is 0.332 e. The zero-order valence-corrected chi connectivity index (χ0v) is 15.2. The van der Waals surface area contributed by atoms with Gasteiger partial charge in [-0.2, -0.15) is 0 Å². The Labute approximate surface area is 159 Å². The number of hydrogen-bond acceptors (Lipinski definition) is 3. The number of ether oxygens (including phenoxy) is 1. The van der Waals surface area contributed by atoms with E-state index in [0.29, 0.717) is 12.8 Å². The van der Waals surface area contributed by atoms with Crippen LogP contribution in [-0.2, 0) is 20.7 Å². The van der Waals surface area contributed by atoms with E-state index >= 15 is 0 Å². The lowest BCUT2D eigenvalue weighted by Crippen LogP contribution is -2.38. The van der Waals surface area contributed by atoms with E-state index in [4.69, 9.17) is 9.84 Å². The summed E-state index contributed by atoms with van der Waals surface area (Å²) in [6.45, 7) is 0. The Morgan fingerprint density at radius 3 is 2.26 bits per heavy atom. The highest BCUT2D eigenvalue weighted by molar-refractivity contribution is 5.83. The summed E-state index contributed by atoms with van der Waals surface area (Å²) in [6, 6.07) is 20.0. The molecule has 142 valence electrons. The van der Waals surface area contributed by atoms with Crippen LogP contribution >= 0.6 is 0 Å². The monoisotopic (exact) mass is 367 g/mol. The van der Waals surface area contributed by atoms with E-state index in [1.165, 1.54) is 5.56 Å². The second kappa shape index (κ2) is 9.33. The second-order valence-corrected chi connectivity index (χ2v) is 6.88. The number of carboxylic acid groups (broad SMARTS) is 1. The van der Waals surface area contributed by atoms with Gasteiger partial charge in [0.05, 0.1) is 6.04 Å². The maximum absolute atomic E-state index is 12.6. The summed E-state index contributed by atoms with van der Waals surface area (Å²) in [5.41, 5.74) is 2.32. The fourth-order valence-electron chi connectivity index (χ4n) is 3.44. The van der Waals surface area contributed by atoms with E-state index in [1.54, 1.807) is 0 Å². The first-order valence-corrected chi connectivity index (χ1v) is 9.41. The third-order valence-corrected chi connectivity index (χ3v) is 4.91. The third kappa shape index (κ3) is 5.41. The van der Waals surface area contributed by atoms with Crippen molar-refractivity contribution in [1.29, 1.82) is 0 Å². The van der Waals surface area contributed by atoms with Crippen LogP contribution in [0.2, 0.25) is 0 Å². The highest BCUT2D eigenvalue weighted by atomic mass is 16.5. The molecule has 1 saturated heterocycles. The molecular weight excluding hydrogens is 342 g/mol. The average molecular weight is 367 g/mol. The van der Waals surface area contributed by atoms with E-state index in [2.05, 4.69) is 17.4 Å². The number of carbonyl (C=O) groups excluding carboxylic acids is 1. The molecule has 2 N–H and O–H groups in total. The molecule has 1 heterocycles. The van der Waals surface area contributed by atoms with Crippen molar-refractivity contribution in [2.75, 3.05) is 0 Å². The summed E-state index contributed by atoms with van der Waals surface area (Å²) in [5.74, 6) is -1.24. The van der Waals surface area contributed by atoms with Crippen LogP contribution in [0.15, 0.2) is 60.7 Å². The Bertz CT molecular complexity index is 747. The number of aliphatic carboxylic acids is 1. The molecule has 2 aromatic carbocycles. The van der Waals surface area contributed by atoms with Crippen LogP contribution in [0.3, 0.4) is 0 Å². The molecule has 1 aliphatic heterocycles.